The molecule has 2 aromatic rings. The lowest BCUT2D eigenvalue weighted by Gasteiger charge is -2.40. The summed E-state index contributed by atoms with van der Waals surface area (Å²) in [5, 5.41) is 0. The summed E-state index contributed by atoms with van der Waals surface area (Å²) < 4.78 is 25.1. The van der Waals surface area contributed by atoms with E-state index in [9.17, 15) is 0 Å². The molecular weight excluding hydrogens is 292 g/mol. The minimum Gasteiger partial charge on any atom is -0.351 e. The van der Waals surface area contributed by atoms with Crippen molar-refractivity contribution in [3.63, 3.8) is 0 Å². The molecule has 0 bridgehead atoms. The van der Waals surface area contributed by atoms with Crippen molar-refractivity contribution in [1.82, 2.24) is 4.90 Å². The van der Waals surface area contributed by atoms with Gasteiger partial charge >= 0.3 is 0 Å². The molecule has 0 radical (unpaired) electrons. The zero-order valence-electron chi connectivity index (χ0n) is 17.5. The van der Waals surface area contributed by atoms with Gasteiger partial charge in [0.25, 0.3) is 0 Å². The predicted molar refractivity (Wildman–Crippen MR) is 101 cm³/mol. The van der Waals surface area contributed by atoms with E-state index >= 15 is 0 Å². The molecule has 0 spiro atoms. The average Bonchev–Trinajstić information content (AvgIpc) is 3.13. The molecular formula is C22H26N2. The molecule has 0 aliphatic carbocycles. The molecule has 0 aromatic heterocycles. The highest BCUT2D eigenvalue weighted by molar-refractivity contribution is 5.57. The van der Waals surface area contributed by atoms with Crippen LogP contribution in [0.5, 0.6) is 0 Å². The highest BCUT2D eigenvalue weighted by Gasteiger charge is 2.52. The summed E-state index contributed by atoms with van der Waals surface area (Å²) >= 11 is 0. The monoisotopic (exact) mass is 321 g/mol. The Kier molecular flexibility index (Phi) is 2.82. The van der Waals surface area contributed by atoms with Crippen molar-refractivity contribution >= 4 is 5.69 Å². The molecule has 3 unspecified atom stereocenters. The first-order chi connectivity index (χ1) is 12.7. The first-order valence-electron chi connectivity index (χ1n) is 10.1. The molecule has 24 heavy (non-hydrogen) atoms. The molecule has 2 heteroatoms. The maximum Gasteiger partial charge on any atom is 0.0811 e. The second kappa shape index (κ2) is 5.49. The average molecular weight is 321 g/mol. The number of nitrogens with zero attached hydrogens (tertiary/aromatic N) is 2. The van der Waals surface area contributed by atoms with Crippen molar-refractivity contribution < 1.29 is 4.11 Å². The van der Waals surface area contributed by atoms with Crippen LogP contribution in [0.25, 0.3) is 0 Å². The SMILES string of the molecule is [2H]C([2H])([2H])C1N(c2ccccc2C)[C@@H](C)C2C=CC(C)(c3ccccc3)N21. The number of para-hydroxylation sites is 1. The lowest BCUT2D eigenvalue weighted by atomic mass is 9.91. The van der Waals surface area contributed by atoms with Crippen LogP contribution in [0, 0.1) is 6.92 Å². The Bertz CT molecular complexity index is 861. The van der Waals surface area contributed by atoms with Crippen LogP contribution >= 0.6 is 0 Å². The normalized spacial score (nSPS) is 34.7. The Morgan fingerprint density at radius 1 is 1.04 bits per heavy atom. The van der Waals surface area contributed by atoms with Gasteiger partial charge in [-0.25, -0.2) is 0 Å². The molecule has 0 N–H and O–H groups in total. The summed E-state index contributed by atoms with van der Waals surface area (Å²) in [7, 11) is 0. The number of anilines is 1. The number of hydrogen-bond acceptors (Lipinski definition) is 2. The Hall–Kier alpha value is -2.06. The summed E-state index contributed by atoms with van der Waals surface area (Å²) in [6, 6.07) is 18.4. The van der Waals surface area contributed by atoms with Crippen molar-refractivity contribution in [2.24, 2.45) is 0 Å². The van der Waals surface area contributed by atoms with E-state index in [1.165, 1.54) is 0 Å². The fourth-order valence-corrected chi connectivity index (χ4v) is 4.33. The van der Waals surface area contributed by atoms with Gasteiger partial charge in [0.2, 0.25) is 0 Å². The topological polar surface area (TPSA) is 6.48 Å². The third-order valence-electron chi connectivity index (χ3n) is 5.69. The highest BCUT2D eigenvalue weighted by Crippen LogP contribution is 2.46. The minimum atomic E-state index is -2.13. The van der Waals surface area contributed by atoms with E-state index in [4.69, 9.17) is 4.11 Å². The van der Waals surface area contributed by atoms with Crippen LogP contribution in [0.2, 0.25) is 0 Å². The van der Waals surface area contributed by atoms with E-state index in [1.807, 2.05) is 49.4 Å². The zero-order chi connectivity index (χ0) is 19.4. The van der Waals surface area contributed by atoms with Crippen LogP contribution in [0.15, 0.2) is 66.7 Å². The maximum absolute atomic E-state index is 8.38. The largest absolute Gasteiger partial charge is 0.351 e. The molecule has 2 aromatic carbocycles. The van der Waals surface area contributed by atoms with Gasteiger partial charge in [0.05, 0.1) is 17.7 Å². The molecule has 1 saturated heterocycles. The van der Waals surface area contributed by atoms with Crippen molar-refractivity contribution in [3.05, 3.63) is 77.9 Å². The van der Waals surface area contributed by atoms with Gasteiger partial charge in [0.15, 0.2) is 0 Å². The summed E-state index contributed by atoms with van der Waals surface area (Å²) in [5.74, 6) is 0. The van der Waals surface area contributed by atoms with Gasteiger partial charge in [-0.3, -0.25) is 4.90 Å². The van der Waals surface area contributed by atoms with E-state index < -0.39 is 18.6 Å². The van der Waals surface area contributed by atoms with Crippen molar-refractivity contribution in [1.29, 1.82) is 0 Å². The van der Waals surface area contributed by atoms with Gasteiger partial charge in [0, 0.05) is 15.8 Å². The number of benzene rings is 2. The van der Waals surface area contributed by atoms with Gasteiger partial charge in [-0.15, -0.1) is 0 Å². The summed E-state index contributed by atoms with van der Waals surface area (Å²) in [4.78, 5) is 4.30. The van der Waals surface area contributed by atoms with Crippen LogP contribution in [-0.2, 0) is 5.54 Å². The number of aryl methyl sites for hydroxylation is 1. The van der Waals surface area contributed by atoms with Crippen LogP contribution in [0.1, 0.15) is 35.9 Å². The Balaban J connectivity index is 1.87. The minimum absolute atomic E-state index is 0.0558. The van der Waals surface area contributed by atoms with E-state index in [0.717, 1.165) is 16.8 Å². The standard InChI is InChI=1S/C22H26N2/c1-16-10-8-9-13-20(16)23-17(2)21-14-15-22(4,24(21)18(23)3)19-11-6-5-7-12-19/h5-15,17-18,21H,1-4H3/t17-,18?,21?,22?/m0/s1/i3D3. The fraction of sp³-hybridized carbons (Fsp3) is 0.364. The Morgan fingerprint density at radius 2 is 1.75 bits per heavy atom. The molecule has 2 nitrogen and oxygen atoms in total. The third-order valence-corrected chi connectivity index (χ3v) is 5.69. The molecule has 4 atom stereocenters. The molecule has 0 amide bonds. The summed E-state index contributed by atoms with van der Waals surface area (Å²) in [5.41, 5.74) is 2.78. The van der Waals surface area contributed by atoms with Gasteiger partial charge in [-0.05, 0) is 44.8 Å². The summed E-state index contributed by atoms with van der Waals surface area (Å²) in [6.07, 6.45) is 3.69. The summed E-state index contributed by atoms with van der Waals surface area (Å²) in [6.45, 7) is 4.18. The smallest absolute Gasteiger partial charge is 0.0811 e. The van der Waals surface area contributed by atoms with Crippen molar-refractivity contribution in [2.75, 3.05) is 4.90 Å². The first kappa shape index (κ1) is 12.3. The van der Waals surface area contributed by atoms with E-state index in [2.05, 4.69) is 47.9 Å². The van der Waals surface area contributed by atoms with Crippen molar-refractivity contribution in [3.8, 4) is 0 Å². The van der Waals surface area contributed by atoms with Crippen LogP contribution in [-0.4, -0.2) is 23.1 Å². The van der Waals surface area contributed by atoms with Crippen LogP contribution < -0.4 is 4.90 Å². The lowest BCUT2D eigenvalue weighted by molar-refractivity contribution is 0.127. The lowest BCUT2D eigenvalue weighted by Crippen LogP contribution is -2.47. The second-order valence-corrected chi connectivity index (χ2v) is 7.08. The number of fused-ring (bicyclic) bond motifs is 1. The van der Waals surface area contributed by atoms with E-state index in [1.54, 1.807) is 0 Å². The third kappa shape index (κ3) is 2.06. The maximum atomic E-state index is 8.38. The van der Waals surface area contributed by atoms with Gasteiger partial charge in [0.1, 0.15) is 0 Å². The zero-order valence-corrected chi connectivity index (χ0v) is 14.5. The van der Waals surface area contributed by atoms with Crippen molar-refractivity contribution in [2.45, 2.75) is 51.4 Å². The number of hydrogen-bond donors (Lipinski definition) is 0. The molecule has 0 saturated carbocycles. The molecule has 2 aliphatic heterocycles. The van der Waals surface area contributed by atoms with Crippen LogP contribution in [0.4, 0.5) is 5.69 Å². The number of rotatable bonds is 2. The molecule has 2 heterocycles. The van der Waals surface area contributed by atoms with E-state index in [-0.39, 0.29) is 12.1 Å². The Labute approximate surface area is 149 Å². The quantitative estimate of drug-likeness (QED) is 0.739. The molecule has 1 fully saturated rings. The molecule has 124 valence electrons. The second-order valence-electron chi connectivity index (χ2n) is 7.08. The van der Waals surface area contributed by atoms with Gasteiger partial charge in [-0.1, -0.05) is 60.7 Å². The van der Waals surface area contributed by atoms with E-state index in [0.29, 0.717) is 0 Å². The Morgan fingerprint density at radius 3 is 2.46 bits per heavy atom. The van der Waals surface area contributed by atoms with Crippen LogP contribution in [0.3, 0.4) is 0 Å². The van der Waals surface area contributed by atoms with Gasteiger partial charge in [-0.2, -0.15) is 0 Å². The molecule has 2 aliphatic rings. The van der Waals surface area contributed by atoms with Gasteiger partial charge < -0.3 is 4.90 Å². The first-order valence-corrected chi connectivity index (χ1v) is 8.62. The predicted octanol–water partition coefficient (Wildman–Crippen LogP) is 4.71. The fourth-order valence-electron chi connectivity index (χ4n) is 4.33. The highest BCUT2D eigenvalue weighted by atomic mass is 15.5. The molecule has 4 rings (SSSR count).